The minimum atomic E-state index is -0.171. The molecule has 2 rings (SSSR count). The average Bonchev–Trinajstić information content (AvgIpc) is 2.58. The van der Waals surface area contributed by atoms with Gasteiger partial charge in [-0.25, -0.2) is 4.98 Å². The van der Waals surface area contributed by atoms with Crippen LogP contribution in [0.1, 0.15) is 18.1 Å². The standard InChI is InChI=1S/C17H20N2O3/c1-3-13-4-6-15(7-5-13)22-12-16(20)19-11-14-8-9-18-17(10-14)21-2/h4-10H,3,11-12H2,1-2H3,(H,19,20). The first-order chi connectivity index (χ1) is 10.7. The van der Waals surface area contributed by atoms with Gasteiger partial charge in [-0.2, -0.15) is 0 Å². The van der Waals surface area contributed by atoms with Crippen LogP contribution in [-0.4, -0.2) is 24.6 Å². The Kier molecular flexibility index (Phi) is 5.77. The van der Waals surface area contributed by atoms with Gasteiger partial charge in [0.25, 0.3) is 5.91 Å². The van der Waals surface area contributed by atoms with Crippen molar-refractivity contribution < 1.29 is 14.3 Å². The van der Waals surface area contributed by atoms with Crippen LogP contribution in [0.25, 0.3) is 0 Å². The number of hydrogen-bond donors (Lipinski definition) is 1. The summed E-state index contributed by atoms with van der Waals surface area (Å²) in [4.78, 5) is 15.8. The van der Waals surface area contributed by atoms with Gasteiger partial charge in [0.05, 0.1) is 7.11 Å². The Morgan fingerprint density at radius 3 is 2.64 bits per heavy atom. The van der Waals surface area contributed by atoms with Gasteiger partial charge in [0.2, 0.25) is 5.88 Å². The maximum atomic E-state index is 11.8. The molecule has 0 saturated heterocycles. The van der Waals surface area contributed by atoms with Gasteiger partial charge >= 0.3 is 0 Å². The molecule has 0 aliphatic heterocycles. The lowest BCUT2D eigenvalue weighted by molar-refractivity contribution is -0.123. The molecular weight excluding hydrogens is 280 g/mol. The molecule has 22 heavy (non-hydrogen) atoms. The number of carbonyl (C=O) groups excluding carboxylic acids is 1. The Balaban J connectivity index is 1.77. The van der Waals surface area contributed by atoms with Gasteiger partial charge in [0.1, 0.15) is 5.75 Å². The van der Waals surface area contributed by atoms with Crippen molar-refractivity contribution in [2.75, 3.05) is 13.7 Å². The van der Waals surface area contributed by atoms with Crippen LogP contribution in [0.4, 0.5) is 0 Å². The summed E-state index contributed by atoms with van der Waals surface area (Å²) in [5.74, 6) is 1.05. The second-order valence-electron chi connectivity index (χ2n) is 4.77. The van der Waals surface area contributed by atoms with E-state index in [1.807, 2.05) is 30.3 Å². The summed E-state index contributed by atoms with van der Waals surface area (Å²) < 4.78 is 10.5. The van der Waals surface area contributed by atoms with Crippen molar-refractivity contribution in [2.24, 2.45) is 0 Å². The summed E-state index contributed by atoms with van der Waals surface area (Å²) in [6.07, 6.45) is 2.63. The summed E-state index contributed by atoms with van der Waals surface area (Å²) in [6, 6.07) is 11.4. The second-order valence-corrected chi connectivity index (χ2v) is 4.77. The van der Waals surface area contributed by atoms with Crippen molar-refractivity contribution in [3.8, 4) is 11.6 Å². The van der Waals surface area contributed by atoms with Crippen molar-refractivity contribution in [3.63, 3.8) is 0 Å². The Morgan fingerprint density at radius 1 is 1.18 bits per heavy atom. The molecule has 116 valence electrons. The number of carbonyl (C=O) groups is 1. The summed E-state index contributed by atoms with van der Waals surface area (Å²) >= 11 is 0. The largest absolute Gasteiger partial charge is 0.484 e. The van der Waals surface area contributed by atoms with E-state index >= 15 is 0 Å². The van der Waals surface area contributed by atoms with Gasteiger partial charge in [0.15, 0.2) is 6.61 Å². The van der Waals surface area contributed by atoms with Crippen molar-refractivity contribution in [3.05, 3.63) is 53.7 Å². The van der Waals surface area contributed by atoms with Crippen LogP contribution < -0.4 is 14.8 Å². The van der Waals surface area contributed by atoms with E-state index < -0.39 is 0 Å². The van der Waals surface area contributed by atoms with Gasteiger partial charge in [0, 0.05) is 18.8 Å². The lowest BCUT2D eigenvalue weighted by Gasteiger charge is -2.08. The fraction of sp³-hybridized carbons (Fsp3) is 0.294. The Labute approximate surface area is 130 Å². The highest BCUT2D eigenvalue weighted by Crippen LogP contribution is 2.12. The van der Waals surface area contributed by atoms with Gasteiger partial charge in [-0.1, -0.05) is 19.1 Å². The van der Waals surface area contributed by atoms with E-state index in [2.05, 4.69) is 17.2 Å². The first-order valence-corrected chi connectivity index (χ1v) is 7.18. The molecule has 1 N–H and O–H groups in total. The molecule has 1 heterocycles. The van der Waals surface area contributed by atoms with Crippen LogP contribution in [0, 0.1) is 0 Å². The molecular formula is C17H20N2O3. The molecule has 0 radical (unpaired) electrons. The fourth-order valence-corrected chi connectivity index (χ4v) is 1.89. The molecule has 0 aliphatic carbocycles. The number of nitrogens with one attached hydrogen (secondary N) is 1. The summed E-state index contributed by atoms with van der Waals surface area (Å²) in [7, 11) is 1.56. The highest BCUT2D eigenvalue weighted by Gasteiger charge is 2.04. The van der Waals surface area contributed by atoms with E-state index in [1.165, 1.54) is 5.56 Å². The van der Waals surface area contributed by atoms with Gasteiger partial charge < -0.3 is 14.8 Å². The number of benzene rings is 1. The highest BCUT2D eigenvalue weighted by atomic mass is 16.5. The first-order valence-electron chi connectivity index (χ1n) is 7.18. The van der Waals surface area contributed by atoms with E-state index in [0.29, 0.717) is 18.2 Å². The van der Waals surface area contributed by atoms with E-state index in [-0.39, 0.29) is 12.5 Å². The molecule has 0 atom stereocenters. The van der Waals surface area contributed by atoms with Crippen LogP contribution in [0.15, 0.2) is 42.6 Å². The molecule has 0 saturated carbocycles. The predicted octanol–water partition coefficient (Wildman–Crippen LogP) is 2.35. The number of rotatable bonds is 7. The third-order valence-corrected chi connectivity index (χ3v) is 3.20. The number of aromatic nitrogens is 1. The van der Waals surface area contributed by atoms with Crippen molar-refractivity contribution in [2.45, 2.75) is 19.9 Å². The molecule has 5 heteroatoms. The number of methoxy groups -OCH3 is 1. The lowest BCUT2D eigenvalue weighted by atomic mass is 10.2. The molecule has 2 aromatic rings. The minimum Gasteiger partial charge on any atom is -0.484 e. The number of ether oxygens (including phenoxy) is 2. The topological polar surface area (TPSA) is 60.5 Å². The number of pyridine rings is 1. The van der Waals surface area contributed by atoms with Gasteiger partial charge in [-0.15, -0.1) is 0 Å². The summed E-state index contributed by atoms with van der Waals surface area (Å²) in [5.41, 5.74) is 2.16. The van der Waals surface area contributed by atoms with Crippen LogP contribution in [0.5, 0.6) is 11.6 Å². The van der Waals surface area contributed by atoms with Gasteiger partial charge in [-0.3, -0.25) is 4.79 Å². The first kappa shape index (κ1) is 15.8. The molecule has 0 unspecified atom stereocenters. The van der Waals surface area contributed by atoms with Crippen LogP contribution in [0.2, 0.25) is 0 Å². The molecule has 1 aromatic carbocycles. The van der Waals surface area contributed by atoms with Crippen molar-refractivity contribution in [1.29, 1.82) is 0 Å². The number of hydrogen-bond acceptors (Lipinski definition) is 4. The molecule has 1 aromatic heterocycles. The summed E-state index contributed by atoms with van der Waals surface area (Å²) in [5, 5.41) is 2.80. The van der Waals surface area contributed by atoms with E-state index in [4.69, 9.17) is 9.47 Å². The van der Waals surface area contributed by atoms with Gasteiger partial charge in [-0.05, 0) is 35.7 Å². The van der Waals surface area contributed by atoms with E-state index in [0.717, 1.165) is 12.0 Å². The SMILES string of the molecule is CCc1ccc(OCC(=O)NCc2ccnc(OC)c2)cc1. The molecule has 1 amide bonds. The second kappa shape index (κ2) is 8.02. The zero-order valence-electron chi connectivity index (χ0n) is 12.8. The molecule has 0 fully saturated rings. The zero-order valence-corrected chi connectivity index (χ0v) is 12.8. The third kappa shape index (κ3) is 4.77. The number of aryl methyl sites for hydroxylation is 1. The average molecular weight is 300 g/mol. The number of nitrogens with zero attached hydrogens (tertiary/aromatic N) is 1. The fourth-order valence-electron chi connectivity index (χ4n) is 1.89. The lowest BCUT2D eigenvalue weighted by Crippen LogP contribution is -2.28. The molecule has 5 nitrogen and oxygen atoms in total. The van der Waals surface area contributed by atoms with Crippen LogP contribution >= 0.6 is 0 Å². The third-order valence-electron chi connectivity index (χ3n) is 3.20. The van der Waals surface area contributed by atoms with Crippen LogP contribution in [0.3, 0.4) is 0 Å². The van der Waals surface area contributed by atoms with Crippen molar-refractivity contribution >= 4 is 5.91 Å². The zero-order chi connectivity index (χ0) is 15.8. The quantitative estimate of drug-likeness (QED) is 0.852. The smallest absolute Gasteiger partial charge is 0.258 e. The highest BCUT2D eigenvalue weighted by molar-refractivity contribution is 5.77. The molecule has 0 bridgehead atoms. The minimum absolute atomic E-state index is 0.00626. The Hall–Kier alpha value is -2.56. The van der Waals surface area contributed by atoms with E-state index in [1.54, 1.807) is 19.4 Å². The maximum Gasteiger partial charge on any atom is 0.258 e. The predicted molar refractivity (Wildman–Crippen MR) is 84.0 cm³/mol. The monoisotopic (exact) mass is 300 g/mol. The summed E-state index contributed by atoms with van der Waals surface area (Å²) in [6.45, 7) is 2.50. The molecule has 0 aliphatic rings. The molecule has 0 spiro atoms. The normalized spacial score (nSPS) is 10.1. The Bertz CT molecular complexity index is 612. The Morgan fingerprint density at radius 2 is 1.95 bits per heavy atom. The van der Waals surface area contributed by atoms with Crippen LogP contribution in [-0.2, 0) is 17.8 Å². The maximum absolute atomic E-state index is 11.8. The van der Waals surface area contributed by atoms with E-state index in [9.17, 15) is 4.79 Å². The van der Waals surface area contributed by atoms with Crippen molar-refractivity contribution in [1.82, 2.24) is 10.3 Å². The number of amides is 1.